The van der Waals surface area contributed by atoms with Gasteiger partial charge in [0.05, 0.1) is 6.54 Å². The summed E-state index contributed by atoms with van der Waals surface area (Å²) in [6.45, 7) is 1.73. The van der Waals surface area contributed by atoms with Crippen molar-refractivity contribution in [2.24, 2.45) is 5.92 Å². The molecule has 1 N–H and O–H groups in total. The van der Waals surface area contributed by atoms with Gasteiger partial charge in [-0.15, -0.1) is 12.4 Å². The Balaban J connectivity index is 0.00000261. The molecule has 0 atom stereocenters. The van der Waals surface area contributed by atoms with Gasteiger partial charge < -0.3 is 5.32 Å². The van der Waals surface area contributed by atoms with Gasteiger partial charge in [0, 0.05) is 16.1 Å². The van der Waals surface area contributed by atoms with Crippen molar-refractivity contribution in [2.45, 2.75) is 38.5 Å². The normalized spacial score (nSPS) is 14.1. The summed E-state index contributed by atoms with van der Waals surface area (Å²) in [4.78, 5) is 0. The number of benzene rings is 2. The molecule has 144 valence electrons. The Kier molecular flexibility index (Phi) is 9.15. The van der Waals surface area contributed by atoms with Crippen molar-refractivity contribution in [1.82, 2.24) is 5.32 Å². The van der Waals surface area contributed by atoms with Crippen LogP contribution in [-0.2, 0) is 0 Å². The lowest BCUT2D eigenvalue weighted by atomic mass is 9.87. The summed E-state index contributed by atoms with van der Waals surface area (Å²) in [5, 5.41) is 4.00. The Morgan fingerprint density at radius 2 is 1.89 bits per heavy atom. The number of nitrogens with one attached hydrogen (secondary N) is 1. The predicted molar refractivity (Wildman–Crippen MR) is 115 cm³/mol. The molecule has 2 aromatic rings. The molecule has 0 spiro atoms. The van der Waals surface area contributed by atoms with Crippen molar-refractivity contribution in [3.63, 3.8) is 0 Å². The van der Waals surface area contributed by atoms with E-state index in [-0.39, 0.29) is 18.2 Å². The maximum atomic E-state index is 13.4. The van der Waals surface area contributed by atoms with Crippen LogP contribution in [0.1, 0.15) is 44.1 Å². The van der Waals surface area contributed by atoms with Gasteiger partial charge >= 0.3 is 0 Å². The standard InChI is InChI=1S/C23H25ClFN.ClH/c24-23-16-19(11-12-22(23)20-9-4-10-21(25)17-20)8-5-14-26-15-13-18-6-2-1-3-7-18;/h4,9-12,16-18,26H,1-3,6-7,13-15H2;1H. The van der Waals surface area contributed by atoms with E-state index in [1.807, 2.05) is 24.3 Å². The Hall–Kier alpha value is -1.53. The average molecular weight is 406 g/mol. The zero-order valence-electron chi connectivity index (χ0n) is 15.4. The van der Waals surface area contributed by atoms with Crippen LogP contribution in [0.5, 0.6) is 0 Å². The fourth-order valence-corrected chi connectivity index (χ4v) is 3.85. The van der Waals surface area contributed by atoms with Crippen LogP contribution >= 0.6 is 24.0 Å². The molecule has 1 nitrogen and oxygen atoms in total. The largest absolute Gasteiger partial charge is 0.306 e. The van der Waals surface area contributed by atoms with Gasteiger partial charge in [-0.1, -0.05) is 73.7 Å². The Labute approximate surface area is 173 Å². The maximum absolute atomic E-state index is 13.4. The average Bonchev–Trinajstić information content (AvgIpc) is 2.65. The molecular weight excluding hydrogens is 380 g/mol. The molecule has 1 aliphatic rings. The molecule has 0 bridgehead atoms. The third-order valence-corrected chi connectivity index (χ3v) is 5.32. The van der Waals surface area contributed by atoms with Crippen molar-refractivity contribution >= 4 is 24.0 Å². The van der Waals surface area contributed by atoms with Gasteiger partial charge in [-0.25, -0.2) is 4.39 Å². The summed E-state index contributed by atoms with van der Waals surface area (Å²) in [6.07, 6.45) is 8.26. The topological polar surface area (TPSA) is 12.0 Å². The van der Waals surface area contributed by atoms with Crippen LogP contribution in [0.2, 0.25) is 5.02 Å². The highest BCUT2D eigenvalue weighted by Gasteiger charge is 2.12. The van der Waals surface area contributed by atoms with Gasteiger partial charge in [0.1, 0.15) is 5.82 Å². The summed E-state index contributed by atoms with van der Waals surface area (Å²) in [6, 6.07) is 12.1. The zero-order valence-corrected chi connectivity index (χ0v) is 17.0. The summed E-state index contributed by atoms with van der Waals surface area (Å²) in [7, 11) is 0. The van der Waals surface area contributed by atoms with Gasteiger partial charge in [-0.05, 0) is 48.7 Å². The third kappa shape index (κ3) is 6.85. The van der Waals surface area contributed by atoms with Gasteiger partial charge in [-0.2, -0.15) is 0 Å². The number of hydrogen-bond donors (Lipinski definition) is 1. The number of hydrogen-bond acceptors (Lipinski definition) is 1. The molecule has 27 heavy (non-hydrogen) atoms. The van der Waals surface area contributed by atoms with E-state index in [4.69, 9.17) is 11.6 Å². The fourth-order valence-electron chi connectivity index (χ4n) is 3.56. The fraction of sp³-hybridized carbons (Fsp3) is 0.391. The Morgan fingerprint density at radius 1 is 1.07 bits per heavy atom. The smallest absolute Gasteiger partial charge is 0.123 e. The van der Waals surface area contributed by atoms with Crippen molar-refractivity contribution in [3.8, 4) is 23.0 Å². The lowest BCUT2D eigenvalue weighted by Crippen LogP contribution is -2.19. The van der Waals surface area contributed by atoms with Crippen LogP contribution in [0.25, 0.3) is 11.1 Å². The molecule has 1 fully saturated rings. The molecule has 0 aliphatic heterocycles. The first-order chi connectivity index (χ1) is 12.7. The molecule has 3 rings (SSSR count). The molecule has 1 aliphatic carbocycles. The van der Waals surface area contributed by atoms with Crippen molar-refractivity contribution in [1.29, 1.82) is 0 Å². The van der Waals surface area contributed by atoms with Crippen molar-refractivity contribution < 1.29 is 4.39 Å². The maximum Gasteiger partial charge on any atom is 0.123 e. The molecule has 4 heteroatoms. The first kappa shape index (κ1) is 21.8. The number of rotatable bonds is 5. The highest BCUT2D eigenvalue weighted by atomic mass is 35.5. The van der Waals surface area contributed by atoms with Crippen LogP contribution in [0, 0.1) is 23.6 Å². The first-order valence-electron chi connectivity index (χ1n) is 9.47. The van der Waals surface area contributed by atoms with E-state index in [9.17, 15) is 4.39 Å². The Bertz CT molecular complexity index is 788. The molecule has 0 saturated heterocycles. The van der Waals surface area contributed by atoms with Crippen LogP contribution in [0.15, 0.2) is 42.5 Å². The van der Waals surface area contributed by atoms with Crippen LogP contribution in [-0.4, -0.2) is 13.1 Å². The molecule has 0 unspecified atom stereocenters. The highest BCUT2D eigenvalue weighted by Crippen LogP contribution is 2.29. The van der Waals surface area contributed by atoms with E-state index in [0.717, 1.165) is 29.2 Å². The quantitative estimate of drug-likeness (QED) is 0.443. The predicted octanol–water partition coefficient (Wildman–Crippen LogP) is 6.48. The van der Waals surface area contributed by atoms with Crippen LogP contribution in [0.4, 0.5) is 4.39 Å². The summed E-state index contributed by atoms with van der Waals surface area (Å²) in [5.41, 5.74) is 2.48. The molecule has 2 aromatic carbocycles. The molecule has 0 aromatic heterocycles. The minimum atomic E-state index is -0.262. The van der Waals surface area contributed by atoms with Gasteiger partial charge in [0.2, 0.25) is 0 Å². The van der Waals surface area contributed by atoms with Gasteiger partial charge in [0.15, 0.2) is 0 Å². The lowest BCUT2D eigenvalue weighted by Gasteiger charge is -2.21. The van der Waals surface area contributed by atoms with Crippen molar-refractivity contribution in [2.75, 3.05) is 13.1 Å². The van der Waals surface area contributed by atoms with E-state index >= 15 is 0 Å². The van der Waals surface area contributed by atoms with E-state index in [1.54, 1.807) is 6.07 Å². The van der Waals surface area contributed by atoms with E-state index < -0.39 is 0 Å². The first-order valence-corrected chi connectivity index (χ1v) is 9.85. The minimum absolute atomic E-state index is 0. The minimum Gasteiger partial charge on any atom is -0.306 e. The Morgan fingerprint density at radius 3 is 2.63 bits per heavy atom. The molecule has 0 heterocycles. The second kappa shape index (κ2) is 11.3. The second-order valence-electron chi connectivity index (χ2n) is 6.98. The van der Waals surface area contributed by atoms with Crippen LogP contribution < -0.4 is 5.32 Å². The monoisotopic (exact) mass is 405 g/mol. The summed E-state index contributed by atoms with van der Waals surface area (Å²) in [5.74, 6) is 6.94. The summed E-state index contributed by atoms with van der Waals surface area (Å²) >= 11 is 6.36. The third-order valence-electron chi connectivity index (χ3n) is 5.00. The molecule has 0 radical (unpaired) electrons. The molecule has 0 amide bonds. The SMILES string of the molecule is Cl.Fc1cccc(-c2ccc(C#CCNCCC3CCCCC3)cc2Cl)c1. The van der Waals surface area contributed by atoms with Gasteiger partial charge in [0.25, 0.3) is 0 Å². The number of halogens is 3. The van der Waals surface area contributed by atoms with E-state index in [2.05, 4.69) is 17.2 Å². The summed E-state index contributed by atoms with van der Waals surface area (Å²) < 4.78 is 13.4. The zero-order chi connectivity index (χ0) is 18.2. The van der Waals surface area contributed by atoms with E-state index in [1.165, 1.54) is 50.7 Å². The molecule has 1 saturated carbocycles. The lowest BCUT2D eigenvalue weighted by molar-refractivity contribution is 0.336. The van der Waals surface area contributed by atoms with Crippen molar-refractivity contribution in [3.05, 3.63) is 58.9 Å². The second-order valence-corrected chi connectivity index (χ2v) is 7.38. The van der Waals surface area contributed by atoms with Gasteiger partial charge in [-0.3, -0.25) is 0 Å². The molecular formula is C23H26Cl2FN. The highest BCUT2D eigenvalue weighted by molar-refractivity contribution is 6.33. The van der Waals surface area contributed by atoms with E-state index in [0.29, 0.717) is 11.6 Å². The van der Waals surface area contributed by atoms with Crippen LogP contribution in [0.3, 0.4) is 0 Å².